The number of para-hydroxylation sites is 1. The number of hydrogen-bond acceptors (Lipinski definition) is 6. The standard InChI is InChI=1S/C32H40F3N3O5/c1-23(37-16-18-42-19-17-37)22-43-27-11-7-6-10-25(27)26-21-36-28(39)20-30(26)12-14-38(15-13-30)29(40)31(41-2,32(33,34)35)24-8-4-3-5-9-24/h3-11,23,26H,12-22H2,1-2H3,(H,36,39)/t23?,26-,31+/m0/s1. The van der Waals surface area contributed by atoms with Gasteiger partial charge < -0.3 is 24.4 Å². The molecule has 3 atom stereocenters. The highest BCUT2D eigenvalue weighted by atomic mass is 19.4. The zero-order valence-electron chi connectivity index (χ0n) is 24.7. The van der Waals surface area contributed by atoms with Crippen LogP contribution in [0.1, 0.15) is 43.2 Å². The minimum absolute atomic E-state index is 0.0771. The van der Waals surface area contributed by atoms with Crippen molar-refractivity contribution in [1.29, 1.82) is 0 Å². The number of benzene rings is 2. The topological polar surface area (TPSA) is 80.3 Å². The van der Waals surface area contributed by atoms with Crippen LogP contribution in [-0.4, -0.2) is 93.5 Å². The predicted octanol–water partition coefficient (Wildman–Crippen LogP) is 4.10. The van der Waals surface area contributed by atoms with Gasteiger partial charge >= 0.3 is 6.18 Å². The second-order valence-electron chi connectivity index (χ2n) is 11.8. The molecule has 2 amide bonds. The van der Waals surface area contributed by atoms with E-state index in [2.05, 4.69) is 17.1 Å². The molecule has 11 heteroatoms. The number of nitrogens with zero attached hydrogens (tertiary/aromatic N) is 2. The largest absolute Gasteiger partial charge is 0.492 e. The molecule has 3 saturated heterocycles. The first-order valence-electron chi connectivity index (χ1n) is 14.9. The third kappa shape index (κ3) is 6.12. The van der Waals surface area contributed by atoms with Gasteiger partial charge in [0.1, 0.15) is 12.4 Å². The predicted molar refractivity (Wildman–Crippen MR) is 154 cm³/mol. The molecule has 43 heavy (non-hydrogen) atoms. The van der Waals surface area contributed by atoms with Gasteiger partial charge in [-0.1, -0.05) is 48.5 Å². The molecule has 3 aliphatic rings. The highest BCUT2D eigenvalue weighted by molar-refractivity contribution is 5.88. The maximum Gasteiger partial charge on any atom is 0.430 e. The van der Waals surface area contributed by atoms with E-state index in [1.165, 1.54) is 29.2 Å². The summed E-state index contributed by atoms with van der Waals surface area (Å²) in [6, 6.07) is 15.0. The van der Waals surface area contributed by atoms with E-state index in [1.54, 1.807) is 6.07 Å². The monoisotopic (exact) mass is 603 g/mol. The van der Waals surface area contributed by atoms with Crippen LogP contribution in [0.2, 0.25) is 0 Å². The minimum atomic E-state index is -4.97. The van der Waals surface area contributed by atoms with E-state index >= 15 is 0 Å². The second-order valence-corrected chi connectivity index (χ2v) is 11.8. The maximum atomic E-state index is 14.6. The van der Waals surface area contributed by atoms with E-state index < -0.39 is 23.1 Å². The molecule has 2 aromatic carbocycles. The van der Waals surface area contributed by atoms with Gasteiger partial charge in [-0.2, -0.15) is 13.2 Å². The van der Waals surface area contributed by atoms with Gasteiger partial charge in [0.05, 0.1) is 13.2 Å². The molecule has 3 aliphatic heterocycles. The number of methoxy groups -OCH3 is 1. The lowest BCUT2D eigenvalue weighted by Gasteiger charge is -2.50. The van der Waals surface area contributed by atoms with Crippen LogP contribution >= 0.6 is 0 Å². The highest BCUT2D eigenvalue weighted by Crippen LogP contribution is 2.52. The zero-order chi connectivity index (χ0) is 30.7. The van der Waals surface area contributed by atoms with Crippen molar-refractivity contribution in [1.82, 2.24) is 15.1 Å². The number of carbonyl (C=O) groups is 2. The van der Waals surface area contributed by atoms with Gasteiger partial charge in [-0.05, 0) is 36.8 Å². The van der Waals surface area contributed by atoms with Crippen LogP contribution in [0.3, 0.4) is 0 Å². The van der Waals surface area contributed by atoms with Crippen LogP contribution in [0.25, 0.3) is 0 Å². The Labute approximate surface area is 250 Å². The molecule has 3 fully saturated rings. The first-order valence-corrected chi connectivity index (χ1v) is 14.9. The van der Waals surface area contributed by atoms with Gasteiger partial charge in [0, 0.05) is 63.8 Å². The van der Waals surface area contributed by atoms with Gasteiger partial charge in [-0.15, -0.1) is 0 Å². The quantitative estimate of drug-likeness (QED) is 0.490. The third-order valence-electron chi connectivity index (χ3n) is 9.43. The van der Waals surface area contributed by atoms with Crippen LogP contribution in [-0.2, 0) is 24.7 Å². The van der Waals surface area contributed by atoms with Gasteiger partial charge in [0.15, 0.2) is 0 Å². The maximum absolute atomic E-state index is 14.6. The summed E-state index contributed by atoms with van der Waals surface area (Å²) in [5.41, 5.74) is -2.95. The summed E-state index contributed by atoms with van der Waals surface area (Å²) in [5.74, 6) is -0.621. The molecule has 8 nitrogen and oxygen atoms in total. The van der Waals surface area contributed by atoms with Crippen molar-refractivity contribution in [3.63, 3.8) is 0 Å². The van der Waals surface area contributed by atoms with E-state index in [0.717, 1.165) is 31.5 Å². The Morgan fingerprint density at radius 3 is 2.35 bits per heavy atom. The molecule has 1 unspecified atom stereocenters. The normalized spacial score (nSPS) is 23.3. The van der Waals surface area contributed by atoms with E-state index in [0.29, 0.717) is 39.2 Å². The van der Waals surface area contributed by atoms with Crippen molar-refractivity contribution in [2.45, 2.75) is 49.9 Å². The molecule has 0 radical (unpaired) electrons. The summed E-state index contributed by atoms with van der Waals surface area (Å²) in [6.45, 7) is 6.25. The fourth-order valence-corrected chi connectivity index (χ4v) is 6.92. The van der Waals surface area contributed by atoms with E-state index in [1.807, 2.05) is 24.3 Å². The van der Waals surface area contributed by atoms with Gasteiger partial charge in [-0.25, -0.2) is 0 Å². The van der Waals surface area contributed by atoms with Crippen molar-refractivity contribution in [2.24, 2.45) is 5.41 Å². The number of rotatable bonds is 8. The summed E-state index contributed by atoms with van der Waals surface area (Å²) < 4.78 is 60.7. The number of ether oxygens (including phenoxy) is 3. The van der Waals surface area contributed by atoms with Crippen molar-refractivity contribution < 1.29 is 37.0 Å². The fourth-order valence-electron chi connectivity index (χ4n) is 6.92. The number of nitrogens with one attached hydrogen (secondary N) is 1. The molecule has 234 valence electrons. The smallest absolute Gasteiger partial charge is 0.430 e. The number of carbonyl (C=O) groups excluding carboxylic acids is 2. The van der Waals surface area contributed by atoms with Gasteiger partial charge in [-0.3, -0.25) is 14.5 Å². The Kier molecular flexibility index (Phi) is 9.34. The lowest BCUT2D eigenvalue weighted by molar-refractivity contribution is -0.271. The van der Waals surface area contributed by atoms with E-state index in [-0.39, 0.29) is 42.9 Å². The van der Waals surface area contributed by atoms with E-state index in [4.69, 9.17) is 14.2 Å². The zero-order valence-corrected chi connectivity index (χ0v) is 24.7. The summed E-state index contributed by atoms with van der Waals surface area (Å²) >= 11 is 0. The number of alkyl halides is 3. The SMILES string of the molecule is CO[C@@](C(=O)N1CCC2(CC1)CC(=O)NC[C@H]2c1ccccc1OCC(C)N1CCOCC1)(c1ccccc1)C(F)(F)F. The first kappa shape index (κ1) is 31.3. The molecule has 5 rings (SSSR count). The summed E-state index contributed by atoms with van der Waals surface area (Å²) in [6.07, 6.45) is -3.99. The Balaban J connectivity index is 1.36. The van der Waals surface area contributed by atoms with Crippen LogP contribution in [0.5, 0.6) is 5.75 Å². The molecule has 0 saturated carbocycles. The van der Waals surface area contributed by atoms with Crippen LogP contribution < -0.4 is 10.1 Å². The first-order chi connectivity index (χ1) is 20.6. The van der Waals surface area contributed by atoms with Crippen LogP contribution in [0.15, 0.2) is 54.6 Å². The molecule has 1 N–H and O–H groups in total. The molecular formula is C32H40F3N3O5. The molecule has 1 spiro atoms. The lowest BCUT2D eigenvalue weighted by Crippen LogP contribution is -2.60. The van der Waals surface area contributed by atoms with E-state index in [9.17, 15) is 22.8 Å². The number of morpholine rings is 1. The average molecular weight is 604 g/mol. The van der Waals surface area contributed by atoms with Gasteiger partial charge in [0.2, 0.25) is 5.91 Å². The minimum Gasteiger partial charge on any atom is -0.492 e. The number of piperidine rings is 2. The Morgan fingerprint density at radius 2 is 1.70 bits per heavy atom. The highest BCUT2D eigenvalue weighted by Gasteiger charge is 2.64. The molecule has 0 bridgehead atoms. The number of amides is 2. The van der Waals surface area contributed by atoms with Crippen LogP contribution in [0, 0.1) is 5.41 Å². The Hall–Kier alpha value is -3.15. The van der Waals surface area contributed by atoms with Crippen molar-refractivity contribution >= 4 is 11.8 Å². The van der Waals surface area contributed by atoms with Crippen molar-refractivity contribution in [3.05, 3.63) is 65.7 Å². The van der Waals surface area contributed by atoms with Gasteiger partial charge in [0.25, 0.3) is 11.5 Å². The van der Waals surface area contributed by atoms with Crippen molar-refractivity contribution in [2.75, 3.05) is 59.7 Å². The Morgan fingerprint density at radius 1 is 1.05 bits per heavy atom. The van der Waals surface area contributed by atoms with Crippen molar-refractivity contribution in [3.8, 4) is 5.75 Å². The molecule has 0 aliphatic carbocycles. The third-order valence-corrected chi connectivity index (χ3v) is 9.43. The molecule has 0 aromatic heterocycles. The molecular weight excluding hydrogens is 563 g/mol. The summed E-state index contributed by atoms with van der Waals surface area (Å²) in [7, 11) is 0.919. The Bertz CT molecular complexity index is 1260. The number of hydrogen-bond donors (Lipinski definition) is 1. The summed E-state index contributed by atoms with van der Waals surface area (Å²) in [5, 5.41) is 2.99. The van der Waals surface area contributed by atoms with Crippen LogP contribution in [0.4, 0.5) is 13.2 Å². The summed E-state index contributed by atoms with van der Waals surface area (Å²) in [4.78, 5) is 30.0. The lowest BCUT2D eigenvalue weighted by atomic mass is 9.62. The average Bonchev–Trinajstić information content (AvgIpc) is 3.01. The fraction of sp³-hybridized carbons (Fsp3) is 0.562. The molecule has 2 aromatic rings. The number of halogens is 3. The second kappa shape index (κ2) is 12.8. The molecule has 3 heterocycles. The number of likely N-dealkylation sites (tertiary alicyclic amines) is 1.